The Morgan fingerprint density at radius 1 is 1.60 bits per heavy atom. The first-order valence-electron chi connectivity index (χ1n) is 3.74. The average Bonchev–Trinajstić information content (AvgIpc) is 1.91. The van der Waals surface area contributed by atoms with E-state index in [-0.39, 0.29) is 12.4 Å². The van der Waals surface area contributed by atoms with Crippen molar-refractivity contribution >= 4 is 12.4 Å². The quantitative estimate of drug-likeness (QED) is 0.664. The highest BCUT2D eigenvalue weighted by Gasteiger charge is 2.10. The molecule has 2 nitrogen and oxygen atoms in total. The minimum Gasteiger partial charge on any atom is -0.379 e. The summed E-state index contributed by atoms with van der Waals surface area (Å²) in [5, 5.41) is 3.40. The molecule has 1 N–H and O–H groups in total. The maximum Gasteiger partial charge on any atom is 0.0620 e. The molecule has 0 aromatic rings. The van der Waals surface area contributed by atoms with Crippen LogP contribution in [0.4, 0.5) is 0 Å². The highest BCUT2D eigenvalue weighted by Crippen LogP contribution is 1.99. The topological polar surface area (TPSA) is 21.3 Å². The lowest BCUT2D eigenvalue weighted by atomic mass is 10.2. The Balaban J connectivity index is 0.000000810. The van der Waals surface area contributed by atoms with Crippen molar-refractivity contribution in [1.82, 2.24) is 5.32 Å². The van der Waals surface area contributed by atoms with Gasteiger partial charge in [0.25, 0.3) is 0 Å². The maximum absolute atomic E-state index is 5.27. The second-order valence-corrected chi connectivity index (χ2v) is 2.51. The first kappa shape index (κ1) is 10.2. The molecule has 1 saturated heterocycles. The number of rotatable bonds is 2. The van der Waals surface area contributed by atoms with Gasteiger partial charge in [-0.15, -0.1) is 12.4 Å². The molecule has 1 rings (SSSR count). The minimum atomic E-state index is 0. The average molecular weight is 166 g/mol. The predicted octanol–water partition coefficient (Wildman–Crippen LogP) is 1.20. The number of ether oxygens (including phenoxy) is 1. The van der Waals surface area contributed by atoms with E-state index in [1.54, 1.807) is 0 Å². The highest BCUT2D eigenvalue weighted by molar-refractivity contribution is 5.85. The van der Waals surface area contributed by atoms with Crippen LogP contribution in [0.15, 0.2) is 0 Å². The van der Waals surface area contributed by atoms with E-state index in [4.69, 9.17) is 4.74 Å². The molecular formula is C7H16ClNO. The molecule has 1 fully saturated rings. The lowest BCUT2D eigenvalue weighted by molar-refractivity contribution is 0.0740. The molecule has 62 valence electrons. The molecule has 0 aromatic heterocycles. The van der Waals surface area contributed by atoms with Crippen molar-refractivity contribution in [3.63, 3.8) is 0 Å². The smallest absolute Gasteiger partial charge is 0.0620 e. The molecule has 1 aliphatic heterocycles. The van der Waals surface area contributed by atoms with Crippen LogP contribution in [-0.2, 0) is 4.74 Å². The summed E-state index contributed by atoms with van der Waals surface area (Å²) in [6, 6.07) is 0.628. The lowest BCUT2D eigenvalue weighted by Gasteiger charge is -2.22. The molecule has 1 aliphatic rings. The second-order valence-electron chi connectivity index (χ2n) is 2.51. The second kappa shape index (κ2) is 5.96. The molecule has 0 spiro atoms. The van der Waals surface area contributed by atoms with Crippen molar-refractivity contribution in [2.75, 3.05) is 19.8 Å². The van der Waals surface area contributed by atoms with Crippen LogP contribution in [0.25, 0.3) is 0 Å². The Hall–Kier alpha value is 0.210. The van der Waals surface area contributed by atoms with E-state index in [1.807, 2.05) is 0 Å². The van der Waals surface area contributed by atoms with Gasteiger partial charge in [-0.05, 0) is 6.42 Å². The fourth-order valence-electron chi connectivity index (χ4n) is 1.15. The van der Waals surface area contributed by atoms with Gasteiger partial charge in [0, 0.05) is 12.6 Å². The van der Waals surface area contributed by atoms with Gasteiger partial charge >= 0.3 is 0 Å². The van der Waals surface area contributed by atoms with Gasteiger partial charge in [0.05, 0.1) is 13.2 Å². The third-order valence-corrected chi connectivity index (χ3v) is 1.64. The molecule has 0 bridgehead atoms. The van der Waals surface area contributed by atoms with Gasteiger partial charge in [0.2, 0.25) is 0 Å². The molecule has 0 amide bonds. The van der Waals surface area contributed by atoms with Gasteiger partial charge in [-0.2, -0.15) is 0 Å². The first-order chi connectivity index (χ1) is 4.43. The summed E-state index contributed by atoms with van der Waals surface area (Å²) >= 11 is 0. The van der Waals surface area contributed by atoms with Crippen LogP contribution in [0.1, 0.15) is 19.8 Å². The normalized spacial score (nSPS) is 25.5. The molecule has 0 saturated carbocycles. The molecule has 0 aromatic carbocycles. The van der Waals surface area contributed by atoms with Crippen LogP contribution < -0.4 is 5.32 Å². The third kappa shape index (κ3) is 3.40. The summed E-state index contributed by atoms with van der Waals surface area (Å²) in [6.45, 7) is 5.04. The van der Waals surface area contributed by atoms with E-state index in [2.05, 4.69) is 12.2 Å². The fourth-order valence-corrected chi connectivity index (χ4v) is 1.15. The summed E-state index contributed by atoms with van der Waals surface area (Å²) in [6.07, 6.45) is 2.50. The van der Waals surface area contributed by atoms with Crippen LogP contribution in [0.3, 0.4) is 0 Å². The molecule has 0 radical (unpaired) electrons. The van der Waals surface area contributed by atoms with Crippen LogP contribution in [0.2, 0.25) is 0 Å². The Bertz CT molecular complexity index is 71.3. The summed E-state index contributed by atoms with van der Waals surface area (Å²) in [4.78, 5) is 0. The fraction of sp³-hybridized carbons (Fsp3) is 1.00. The van der Waals surface area contributed by atoms with Crippen LogP contribution in [0, 0.1) is 0 Å². The van der Waals surface area contributed by atoms with Gasteiger partial charge in [0.1, 0.15) is 0 Å². The minimum absolute atomic E-state index is 0. The SMILES string of the molecule is CCCC1COCCN1.Cl. The zero-order valence-corrected chi connectivity index (χ0v) is 7.25. The lowest BCUT2D eigenvalue weighted by Crippen LogP contribution is -2.40. The van der Waals surface area contributed by atoms with E-state index in [1.165, 1.54) is 12.8 Å². The number of morpholine rings is 1. The molecule has 3 heteroatoms. The summed E-state index contributed by atoms with van der Waals surface area (Å²) in [5.41, 5.74) is 0. The Morgan fingerprint density at radius 2 is 2.40 bits per heavy atom. The number of hydrogen-bond acceptors (Lipinski definition) is 2. The van der Waals surface area contributed by atoms with Crippen LogP contribution in [-0.4, -0.2) is 25.8 Å². The Morgan fingerprint density at radius 3 is 2.90 bits per heavy atom. The molecule has 1 atom stereocenters. The molecule has 1 unspecified atom stereocenters. The van der Waals surface area contributed by atoms with Gasteiger partial charge in [-0.3, -0.25) is 0 Å². The van der Waals surface area contributed by atoms with Crippen molar-refractivity contribution in [1.29, 1.82) is 0 Å². The van der Waals surface area contributed by atoms with Gasteiger partial charge in [0.15, 0.2) is 0 Å². The molecule has 0 aliphatic carbocycles. The van der Waals surface area contributed by atoms with Crippen molar-refractivity contribution in [3.8, 4) is 0 Å². The van der Waals surface area contributed by atoms with E-state index in [0.29, 0.717) is 6.04 Å². The number of halogens is 1. The Labute approximate surface area is 68.7 Å². The zero-order chi connectivity index (χ0) is 6.53. The standard InChI is InChI=1S/C7H15NO.ClH/c1-2-3-7-6-9-5-4-8-7;/h7-8H,2-6H2,1H3;1H. The molecule has 1 heterocycles. The monoisotopic (exact) mass is 165 g/mol. The van der Waals surface area contributed by atoms with Crippen LogP contribution in [0.5, 0.6) is 0 Å². The Kier molecular flexibility index (Phi) is 6.08. The largest absolute Gasteiger partial charge is 0.379 e. The van der Waals surface area contributed by atoms with Gasteiger partial charge < -0.3 is 10.1 Å². The van der Waals surface area contributed by atoms with Crippen molar-refractivity contribution < 1.29 is 4.74 Å². The van der Waals surface area contributed by atoms with Crippen molar-refractivity contribution in [3.05, 3.63) is 0 Å². The van der Waals surface area contributed by atoms with Gasteiger partial charge in [-0.25, -0.2) is 0 Å². The zero-order valence-electron chi connectivity index (χ0n) is 6.43. The summed E-state index contributed by atoms with van der Waals surface area (Å²) in [5.74, 6) is 0. The predicted molar refractivity (Wildman–Crippen MR) is 44.8 cm³/mol. The number of nitrogens with one attached hydrogen (secondary N) is 1. The molecule has 10 heavy (non-hydrogen) atoms. The number of hydrogen-bond donors (Lipinski definition) is 1. The van der Waals surface area contributed by atoms with Gasteiger partial charge in [-0.1, -0.05) is 13.3 Å². The van der Waals surface area contributed by atoms with Crippen molar-refractivity contribution in [2.24, 2.45) is 0 Å². The third-order valence-electron chi connectivity index (χ3n) is 1.64. The highest BCUT2D eigenvalue weighted by atomic mass is 35.5. The van der Waals surface area contributed by atoms with Crippen LogP contribution >= 0.6 is 12.4 Å². The molecular weight excluding hydrogens is 150 g/mol. The summed E-state index contributed by atoms with van der Waals surface area (Å²) in [7, 11) is 0. The van der Waals surface area contributed by atoms with E-state index < -0.39 is 0 Å². The van der Waals surface area contributed by atoms with E-state index in [9.17, 15) is 0 Å². The summed E-state index contributed by atoms with van der Waals surface area (Å²) < 4.78 is 5.27. The maximum atomic E-state index is 5.27. The van der Waals surface area contributed by atoms with E-state index >= 15 is 0 Å². The van der Waals surface area contributed by atoms with E-state index in [0.717, 1.165) is 19.8 Å². The first-order valence-corrected chi connectivity index (χ1v) is 3.74. The van der Waals surface area contributed by atoms with Crippen molar-refractivity contribution in [2.45, 2.75) is 25.8 Å².